The normalized spacial score (nSPS) is 14.1. The highest BCUT2D eigenvalue weighted by Crippen LogP contribution is 2.45. The van der Waals surface area contributed by atoms with Crippen LogP contribution in [0.4, 0.5) is 0 Å². The van der Waals surface area contributed by atoms with Crippen LogP contribution in [0.3, 0.4) is 0 Å². The van der Waals surface area contributed by atoms with Crippen molar-refractivity contribution in [2.24, 2.45) is 11.8 Å². The van der Waals surface area contributed by atoms with Crippen molar-refractivity contribution in [2.45, 2.75) is 374 Å². The molecular formula is C70H136O17P2. The van der Waals surface area contributed by atoms with Crippen molar-refractivity contribution in [3.63, 3.8) is 0 Å². The van der Waals surface area contributed by atoms with E-state index in [0.717, 1.165) is 102 Å². The summed E-state index contributed by atoms with van der Waals surface area (Å²) in [5, 5.41) is 10.6. The van der Waals surface area contributed by atoms with Gasteiger partial charge in [-0.25, -0.2) is 9.13 Å². The maximum absolute atomic E-state index is 13.0. The minimum atomic E-state index is -4.95. The predicted octanol–water partition coefficient (Wildman–Crippen LogP) is 20.0. The first-order valence-corrected chi connectivity index (χ1v) is 39.5. The van der Waals surface area contributed by atoms with E-state index in [2.05, 4.69) is 41.5 Å². The Kier molecular flexibility index (Phi) is 60.8. The first kappa shape index (κ1) is 87.1. The smallest absolute Gasteiger partial charge is 0.462 e. The van der Waals surface area contributed by atoms with Crippen molar-refractivity contribution in [3.05, 3.63) is 0 Å². The summed E-state index contributed by atoms with van der Waals surface area (Å²) in [6, 6.07) is 0. The first-order valence-electron chi connectivity index (χ1n) is 36.5. The van der Waals surface area contributed by atoms with Crippen molar-refractivity contribution in [3.8, 4) is 0 Å². The zero-order chi connectivity index (χ0) is 65.7. The lowest BCUT2D eigenvalue weighted by Gasteiger charge is -2.21. The van der Waals surface area contributed by atoms with Gasteiger partial charge < -0.3 is 33.8 Å². The van der Waals surface area contributed by atoms with E-state index in [-0.39, 0.29) is 25.7 Å². The molecule has 0 aliphatic heterocycles. The van der Waals surface area contributed by atoms with Crippen LogP contribution in [0.5, 0.6) is 0 Å². The fourth-order valence-electron chi connectivity index (χ4n) is 10.6. The molecule has 528 valence electrons. The fourth-order valence-corrected chi connectivity index (χ4v) is 12.2. The van der Waals surface area contributed by atoms with Crippen LogP contribution in [-0.4, -0.2) is 96.7 Å². The van der Waals surface area contributed by atoms with Gasteiger partial charge in [0.05, 0.1) is 26.4 Å². The van der Waals surface area contributed by atoms with Crippen LogP contribution >= 0.6 is 15.6 Å². The molecule has 0 fully saturated rings. The van der Waals surface area contributed by atoms with Gasteiger partial charge in [0, 0.05) is 25.7 Å². The van der Waals surface area contributed by atoms with Gasteiger partial charge in [-0.2, -0.15) is 0 Å². The number of unbranched alkanes of at least 4 members (excludes halogenated alkanes) is 39. The number of esters is 4. The van der Waals surface area contributed by atoms with Crippen LogP contribution in [0.1, 0.15) is 356 Å². The second kappa shape index (κ2) is 62.2. The fraction of sp³-hybridized carbons (Fsp3) is 0.943. The number of aliphatic hydroxyl groups is 1. The van der Waals surface area contributed by atoms with E-state index in [4.69, 9.17) is 37.0 Å². The summed E-state index contributed by atoms with van der Waals surface area (Å²) in [4.78, 5) is 72.5. The highest BCUT2D eigenvalue weighted by molar-refractivity contribution is 7.47. The Bertz CT molecular complexity index is 1730. The highest BCUT2D eigenvalue weighted by atomic mass is 31.2. The quantitative estimate of drug-likeness (QED) is 0.0222. The molecule has 0 rings (SSSR count). The first-order chi connectivity index (χ1) is 42.9. The number of phosphoric acid groups is 2. The largest absolute Gasteiger partial charge is 0.472 e. The van der Waals surface area contributed by atoms with Gasteiger partial charge in [-0.05, 0) is 37.5 Å². The number of carbonyl (C=O) groups is 4. The minimum Gasteiger partial charge on any atom is -0.462 e. The number of carbonyl (C=O) groups excluding carboxylic acids is 4. The zero-order valence-corrected chi connectivity index (χ0v) is 59.5. The number of hydrogen-bond acceptors (Lipinski definition) is 15. The molecule has 3 N–H and O–H groups in total. The van der Waals surface area contributed by atoms with E-state index < -0.39 is 97.5 Å². The Morgan fingerprint density at radius 1 is 0.303 bits per heavy atom. The lowest BCUT2D eigenvalue weighted by Crippen LogP contribution is -2.30. The van der Waals surface area contributed by atoms with Gasteiger partial charge in [0.15, 0.2) is 12.2 Å². The van der Waals surface area contributed by atoms with E-state index in [1.54, 1.807) is 0 Å². The molecule has 0 saturated carbocycles. The summed E-state index contributed by atoms with van der Waals surface area (Å²) in [6.07, 6.45) is 47.2. The summed E-state index contributed by atoms with van der Waals surface area (Å²) in [5.74, 6) is -0.663. The summed E-state index contributed by atoms with van der Waals surface area (Å²) in [5.41, 5.74) is 0. The molecule has 19 heteroatoms. The Hall–Kier alpha value is -1.94. The summed E-state index contributed by atoms with van der Waals surface area (Å²) in [7, 11) is -9.90. The van der Waals surface area contributed by atoms with Gasteiger partial charge in [-0.1, -0.05) is 305 Å². The van der Waals surface area contributed by atoms with Crippen molar-refractivity contribution in [1.29, 1.82) is 0 Å². The van der Waals surface area contributed by atoms with Gasteiger partial charge in [-0.3, -0.25) is 37.3 Å². The molecule has 0 radical (unpaired) electrons. The van der Waals surface area contributed by atoms with Crippen LogP contribution in [0.2, 0.25) is 0 Å². The van der Waals surface area contributed by atoms with Crippen molar-refractivity contribution >= 4 is 39.5 Å². The highest BCUT2D eigenvalue weighted by Gasteiger charge is 2.30. The van der Waals surface area contributed by atoms with Crippen molar-refractivity contribution in [2.75, 3.05) is 39.6 Å². The van der Waals surface area contributed by atoms with Crippen LogP contribution in [0, 0.1) is 11.8 Å². The van der Waals surface area contributed by atoms with Gasteiger partial charge in [0.2, 0.25) is 0 Å². The molecule has 89 heavy (non-hydrogen) atoms. The second-order valence-electron chi connectivity index (χ2n) is 26.2. The molecule has 0 spiro atoms. The molecule has 0 bridgehead atoms. The average molecular weight is 1310 g/mol. The molecule has 17 nitrogen and oxygen atoms in total. The van der Waals surface area contributed by atoms with E-state index in [0.29, 0.717) is 25.7 Å². The Labute approximate surface area is 543 Å². The van der Waals surface area contributed by atoms with Crippen LogP contribution in [0.25, 0.3) is 0 Å². The topological polar surface area (TPSA) is 237 Å². The molecule has 0 aromatic heterocycles. The van der Waals surface area contributed by atoms with Crippen LogP contribution < -0.4 is 0 Å². The van der Waals surface area contributed by atoms with Crippen molar-refractivity contribution < 1.29 is 80.2 Å². The standard InChI is InChI=1S/C70H136O17P2/c1-7-9-11-13-15-17-19-20-21-22-23-24-28-36-42-48-54-69(74)86-65(58-81-68(73)53-47-41-35-29-25-26-32-38-44-50-62(3)4)60-84-88(76,77)82-56-64(71)57-83-89(78,79)85-61-66(59-80-67(72)52-46-40-34-27-18-16-14-12-10-8-2)87-70(75)55-49-43-37-31-30-33-39-45-51-63(5)6/h62-66,71H,7-61H2,1-6H3,(H,76,77)(H,78,79)/t64-,65-,66-/m1/s1. The number of aliphatic hydroxyl groups excluding tert-OH is 1. The Morgan fingerprint density at radius 3 is 0.764 bits per heavy atom. The van der Waals surface area contributed by atoms with Gasteiger partial charge in [-0.15, -0.1) is 0 Å². The summed E-state index contributed by atoms with van der Waals surface area (Å²) >= 11 is 0. The van der Waals surface area contributed by atoms with E-state index in [1.165, 1.54) is 173 Å². The molecule has 0 saturated heterocycles. The Balaban J connectivity index is 5.24. The number of hydrogen-bond donors (Lipinski definition) is 3. The monoisotopic (exact) mass is 1310 g/mol. The lowest BCUT2D eigenvalue weighted by molar-refractivity contribution is -0.161. The van der Waals surface area contributed by atoms with Gasteiger partial charge in [0.1, 0.15) is 19.3 Å². The van der Waals surface area contributed by atoms with Gasteiger partial charge >= 0.3 is 39.5 Å². The molecule has 0 heterocycles. The van der Waals surface area contributed by atoms with Gasteiger partial charge in [0.25, 0.3) is 0 Å². The van der Waals surface area contributed by atoms with Crippen molar-refractivity contribution in [1.82, 2.24) is 0 Å². The SMILES string of the molecule is CCCCCCCCCCCCCCCCCCC(=O)O[C@H](COC(=O)CCCCCCCCCCCC(C)C)COP(=O)(O)OC[C@@H](O)COP(=O)(O)OC[C@@H](COC(=O)CCCCCCCCCCCC)OC(=O)CCCCCCCCCCC(C)C. The maximum Gasteiger partial charge on any atom is 0.472 e. The van der Waals surface area contributed by atoms with E-state index in [1.807, 2.05) is 0 Å². The third-order valence-corrected chi connectivity index (χ3v) is 18.1. The molecule has 0 amide bonds. The van der Waals surface area contributed by atoms with E-state index in [9.17, 15) is 43.2 Å². The number of phosphoric ester groups is 2. The predicted molar refractivity (Wildman–Crippen MR) is 358 cm³/mol. The average Bonchev–Trinajstić information content (AvgIpc) is 3.53. The van der Waals surface area contributed by atoms with Crippen LogP contribution in [-0.2, 0) is 65.4 Å². The maximum atomic E-state index is 13.0. The lowest BCUT2D eigenvalue weighted by atomic mass is 10.0. The molecule has 2 unspecified atom stereocenters. The second-order valence-corrected chi connectivity index (χ2v) is 29.1. The molecule has 0 aliphatic carbocycles. The Morgan fingerprint density at radius 2 is 0.517 bits per heavy atom. The molecular weight excluding hydrogens is 1170 g/mol. The summed E-state index contributed by atoms with van der Waals surface area (Å²) < 4.78 is 68.3. The molecule has 0 aliphatic rings. The third kappa shape index (κ3) is 64.6. The minimum absolute atomic E-state index is 0.105. The van der Waals surface area contributed by atoms with Crippen LogP contribution in [0.15, 0.2) is 0 Å². The third-order valence-electron chi connectivity index (χ3n) is 16.2. The molecule has 0 aromatic carbocycles. The number of rotatable bonds is 69. The zero-order valence-electron chi connectivity index (χ0n) is 57.7. The summed E-state index contributed by atoms with van der Waals surface area (Å²) in [6.45, 7) is 9.48. The molecule has 0 aromatic rings. The van der Waals surface area contributed by atoms with E-state index >= 15 is 0 Å². The number of ether oxygens (including phenoxy) is 4. The molecule has 5 atom stereocenters.